The number of hydrazine groups is 1. The third-order valence-electron chi connectivity index (χ3n) is 2.53. The molecule has 0 saturated carbocycles. The summed E-state index contributed by atoms with van der Waals surface area (Å²) in [7, 11) is 0. The number of hydrogen-bond acceptors (Lipinski definition) is 5. The number of carbonyl (C=O) groups excluding carboxylic acids is 1. The second-order valence-corrected chi connectivity index (χ2v) is 5.15. The number of thioether (sulfide) groups is 1. The molecule has 0 bridgehead atoms. The molecule has 104 valence electrons. The monoisotopic (exact) mass is 283 g/mol. The molecule has 0 aliphatic heterocycles. The largest absolute Gasteiger partial charge is 0.294 e. The number of benzene rings is 1. The first-order valence-corrected chi connectivity index (χ1v) is 6.98. The molecule has 0 fully saturated rings. The molecule has 0 aliphatic rings. The van der Waals surface area contributed by atoms with Gasteiger partial charge in [0.2, 0.25) is 5.91 Å². The lowest BCUT2D eigenvalue weighted by Gasteiger charge is -2.02. The Hall–Kier alpha value is -1.60. The lowest BCUT2D eigenvalue weighted by Crippen LogP contribution is -2.29. The molecule has 1 amide bonds. The minimum absolute atomic E-state index is 0.108. The summed E-state index contributed by atoms with van der Waals surface area (Å²) in [6.07, 6.45) is 3.25. The summed E-state index contributed by atoms with van der Waals surface area (Å²) in [5.74, 6) is 5.77. The number of rotatable bonds is 8. The third kappa shape index (κ3) is 6.21. The molecular formula is C12H17N3O3S. The Bertz CT molecular complexity index is 423. The number of hydrogen-bond donors (Lipinski definition) is 2. The van der Waals surface area contributed by atoms with Crippen molar-refractivity contribution in [2.75, 3.05) is 5.75 Å². The van der Waals surface area contributed by atoms with E-state index in [9.17, 15) is 14.9 Å². The van der Waals surface area contributed by atoms with Crippen molar-refractivity contribution in [3.8, 4) is 0 Å². The Labute approximate surface area is 115 Å². The van der Waals surface area contributed by atoms with Gasteiger partial charge in [0, 0.05) is 23.4 Å². The van der Waals surface area contributed by atoms with E-state index in [1.54, 1.807) is 23.9 Å². The van der Waals surface area contributed by atoms with Gasteiger partial charge in [-0.3, -0.25) is 20.3 Å². The highest BCUT2D eigenvalue weighted by molar-refractivity contribution is 7.99. The smallest absolute Gasteiger partial charge is 0.269 e. The molecule has 0 radical (unpaired) electrons. The summed E-state index contributed by atoms with van der Waals surface area (Å²) in [6.45, 7) is 0. The van der Waals surface area contributed by atoms with Crippen LogP contribution in [0, 0.1) is 10.1 Å². The van der Waals surface area contributed by atoms with Crippen molar-refractivity contribution >= 4 is 23.4 Å². The Morgan fingerprint density at radius 3 is 2.53 bits per heavy atom. The van der Waals surface area contributed by atoms with Gasteiger partial charge in [-0.2, -0.15) is 0 Å². The van der Waals surface area contributed by atoms with Gasteiger partial charge < -0.3 is 0 Å². The molecule has 0 spiro atoms. The number of nitro groups is 1. The first kappa shape index (κ1) is 15.5. The minimum atomic E-state index is -0.406. The Kier molecular flexibility index (Phi) is 6.91. The van der Waals surface area contributed by atoms with Gasteiger partial charge in [0.1, 0.15) is 0 Å². The summed E-state index contributed by atoms with van der Waals surface area (Å²) in [4.78, 5) is 22.0. The molecule has 19 heavy (non-hydrogen) atoms. The first-order chi connectivity index (χ1) is 9.13. The predicted octanol–water partition coefficient (Wildman–Crippen LogP) is 2.24. The van der Waals surface area contributed by atoms with E-state index >= 15 is 0 Å². The maximum Gasteiger partial charge on any atom is 0.269 e. The van der Waals surface area contributed by atoms with E-state index in [0.717, 1.165) is 29.9 Å². The average Bonchev–Trinajstić information content (AvgIpc) is 2.42. The highest BCUT2D eigenvalue weighted by atomic mass is 32.2. The van der Waals surface area contributed by atoms with Crippen molar-refractivity contribution in [3.63, 3.8) is 0 Å². The maximum absolute atomic E-state index is 10.9. The van der Waals surface area contributed by atoms with Gasteiger partial charge in [0.05, 0.1) is 4.92 Å². The number of nitro benzene ring substituents is 1. The van der Waals surface area contributed by atoms with Gasteiger partial charge in [0.15, 0.2) is 0 Å². The van der Waals surface area contributed by atoms with Gasteiger partial charge in [-0.1, -0.05) is 6.42 Å². The molecule has 0 unspecified atom stereocenters. The molecular weight excluding hydrogens is 266 g/mol. The molecule has 0 atom stereocenters. The molecule has 0 aromatic heterocycles. The summed E-state index contributed by atoms with van der Waals surface area (Å²) in [5.41, 5.74) is 2.21. The quantitative estimate of drug-likeness (QED) is 0.190. The minimum Gasteiger partial charge on any atom is -0.294 e. The molecule has 0 saturated heterocycles. The fourth-order valence-corrected chi connectivity index (χ4v) is 2.40. The van der Waals surface area contributed by atoms with Crippen molar-refractivity contribution in [1.29, 1.82) is 0 Å². The van der Waals surface area contributed by atoms with Crippen molar-refractivity contribution in [3.05, 3.63) is 34.4 Å². The van der Waals surface area contributed by atoms with Gasteiger partial charge >= 0.3 is 0 Å². The van der Waals surface area contributed by atoms with Crippen LogP contribution in [-0.2, 0) is 4.79 Å². The van der Waals surface area contributed by atoms with E-state index < -0.39 is 4.92 Å². The van der Waals surface area contributed by atoms with Crippen LogP contribution < -0.4 is 11.3 Å². The number of nitrogens with one attached hydrogen (secondary N) is 1. The van der Waals surface area contributed by atoms with Crippen molar-refractivity contribution in [2.45, 2.75) is 30.6 Å². The first-order valence-electron chi connectivity index (χ1n) is 6.00. The average molecular weight is 283 g/mol. The van der Waals surface area contributed by atoms with Crippen LogP contribution in [0.3, 0.4) is 0 Å². The van der Waals surface area contributed by atoms with Gasteiger partial charge in [-0.25, -0.2) is 5.84 Å². The van der Waals surface area contributed by atoms with E-state index in [0.29, 0.717) is 6.42 Å². The lowest BCUT2D eigenvalue weighted by atomic mass is 10.2. The number of amides is 1. The molecule has 1 rings (SSSR count). The number of unbranched alkanes of at least 4 members (excludes halogenated alkanes) is 2. The number of nitrogens with zero attached hydrogens (tertiary/aromatic N) is 1. The van der Waals surface area contributed by atoms with E-state index in [1.165, 1.54) is 12.1 Å². The van der Waals surface area contributed by atoms with Crippen molar-refractivity contribution < 1.29 is 9.72 Å². The van der Waals surface area contributed by atoms with E-state index in [1.807, 2.05) is 0 Å². The van der Waals surface area contributed by atoms with Gasteiger partial charge in [-0.05, 0) is 30.7 Å². The van der Waals surface area contributed by atoms with Crippen LogP contribution in [0.25, 0.3) is 0 Å². The molecule has 3 N–H and O–H groups in total. The SMILES string of the molecule is NNC(=O)CCCCCSc1ccc([N+](=O)[O-])cc1. The lowest BCUT2D eigenvalue weighted by molar-refractivity contribution is -0.384. The van der Waals surface area contributed by atoms with Gasteiger partial charge in [-0.15, -0.1) is 11.8 Å². The van der Waals surface area contributed by atoms with Crippen molar-refractivity contribution in [2.24, 2.45) is 5.84 Å². The van der Waals surface area contributed by atoms with Gasteiger partial charge in [0.25, 0.3) is 5.69 Å². The standard InChI is InChI=1S/C12H17N3O3S/c13-14-12(16)4-2-1-3-9-19-11-7-5-10(6-8-11)15(17)18/h5-8H,1-4,9,13H2,(H,14,16). The normalized spacial score (nSPS) is 10.2. The molecule has 1 aromatic carbocycles. The van der Waals surface area contributed by atoms with Crippen LogP contribution >= 0.6 is 11.8 Å². The van der Waals surface area contributed by atoms with Crippen molar-refractivity contribution in [1.82, 2.24) is 5.43 Å². The number of nitrogens with two attached hydrogens (primary N) is 1. The Morgan fingerprint density at radius 2 is 1.95 bits per heavy atom. The topological polar surface area (TPSA) is 98.3 Å². The summed E-state index contributed by atoms with van der Waals surface area (Å²) in [5, 5.41) is 10.5. The van der Waals surface area contributed by atoms with Crippen LogP contribution in [0.5, 0.6) is 0 Å². The predicted molar refractivity (Wildman–Crippen MR) is 74.6 cm³/mol. The van der Waals surface area contributed by atoms with Crippen LogP contribution in [0.2, 0.25) is 0 Å². The molecule has 7 heteroatoms. The van der Waals surface area contributed by atoms with Crippen LogP contribution in [0.15, 0.2) is 29.2 Å². The molecule has 6 nitrogen and oxygen atoms in total. The zero-order chi connectivity index (χ0) is 14.1. The number of carbonyl (C=O) groups is 1. The second kappa shape index (κ2) is 8.49. The highest BCUT2D eigenvalue weighted by Crippen LogP contribution is 2.22. The molecule has 1 aromatic rings. The Morgan fingerprint density at radius 1 is 1.26 bits per heavy atom. The van der Waals surface area contributed by atoms with Crippen LogP contribution in [-0.4, -0.2) is 16.6 Å². The van der Waals surface area contributed by atoms with E-state index in [2.05, 4.69) is 5.43 Å². The Balaban J connectivity index is 2.15. The zero-order valence-corrected chi connectivity index (χ0v) is 11.3. The fraction of sp³-hybridized carbons (Fsp3) is 0.417. The molecule has 0 aliphatic carbocycles. The van der Waals surface area contributed by atoms with E-state index in [4.69, 9.17) is 5.84 Å². The second-order valence-electron chi connectivity index (χ2n) is 3.98. The molecule has 0 heterocycles. The third-order valence-corrected chi connectivity index (χ3v) is 3.62. The fourth-order valence-electron chi connectivity index (χ4n) is 1.49. The summed E-state index contributed by atoms with van der Waals surface area (Å²) in [6, 6.07) is 6.52. The summed E-state index contributed by atoms with van der Waals surface area (Å²) >= 11 is 1.66. The summed E-state index contributed by atoms with van der Waals surface area (Å²) < 4.78 is 0. The van der Waals surface area contributed by atoms with Crippen LogP contribution in [0.1, 0.15) is 25.7 Å². The number of non-ortho nitro benzene ring substituents is 1. The maximum atomic E-state index is 10.9. The van der Waals surface area contributed by atoms with Crippen LogP contribution in [0.4, 0.5) is 5.69 Å². The highest BCUT2D eigenvalue weighted by Gasteiger charge is 2.04. The zero-order valence-electron chi connectivity index (χ0n) is 10.5. The van der Waals surface area contributed by atoms with E-state index in [-0.39, 0.29) is 11.6 Å².